The quantitative estimate of drug-likeness (QED) is 0.895. The maximum Gasteiger partial charge on any atom is 0.246 e. The first-order valence-corrected chi connectivity index (χ1v) is 8.69. The van der Waals surface area contributed by atoms with Gasteiger partial charge in [0.05, 0.1) is 14.2 Å². The number of benzene rings is 1. The normalized spacial score (nSPS) is 24.0. The number of nitrogens with one attached hydrogen (secondary N) is 1. The van der Waals surface area contributed by atoms with E-state index in [1.807, 2.05) is 0 Å². The van der Waals surface area contributed by atoms with E-state index < -0.39 is 20.7 Å². The van der Waals surface area contributed by atoms with E-state index in [0.717, 1.165) is 0 Å². The van der Waals surface area contributed by atoms with Gasteiger partial charge in [0.1, 0.15) is 0 Å². The number of carbonyl (C=O) groups is 1. The standard InChI is InChI=1S/C15H22N2O5S/c1-15(8-5-9-17(2)23(15,19)20)14(18)16-11-6-7-12(21-3)13(10-11)22-4/h6-7,10H,5,8-9H2,1-4H3,(H,16,18)/t15-/m0/s1. The van der Waals surface area contributed by atoms with Gasteiger partial charge in [-0.2, -0.15) is 0 Å². The van der Waals surface area contributed by atoms with Gasteiger partial charge in [-0.3, -0.25) is 4.79 Å². The largest absolute Gasteiger partial charge is 0.493 e. The third kappa shape index (κ3) is 3.00. The van der Waals surface area contributed by atoms with Crippen LogP contribution in [-0.4, -0.2) is 51.2 Å². The second-order valence-corrected chi connectivity index (χ2v) is 8.16. The number of amides is 1. The first-order valence-electron chi connectivity index (χ1n) is 7.25. The van der Waals surface area contributed by atoms with E-state index in [9.17, 15) is 13.2 Å². The Morgan fingerprint density at radius 2 is 1.91 bits per heavy atom. The predicted molar refractivity (Wildman–Crippen MR) is 87.4 cm³/mol. The molecule has 1 N–H and O–H groups in total. The molecule has 0 aromatic heterocycles. The van der Waals surface area contributed by atoms with Crippen molar-refractivity contribution >= 4 is 21.6 Å². The van der Waals surface area contributed by atoms with Crippen LogP contribution in [0.1, 0.15) is 19.8 Å². The minimum atomic E-state index is -3.68. The van der Waals surface area contributed by atoms with Gasteiger partial charge in [-0.1, -0.05) is 0 Å². The van der Waals surface area contributed by atoms with Crippen molar-refractivity contribution in [3.05, 3.63) is 18.2 Å². The monoisotopic (exact) mass is 342 g/mol. The van der Waals surface area contributed by atoms with Crippen LogP contribution in [0.15, 0.2) is 18.2 Å². The predicted octanol–water partition coefficient (Wildman–Crippen LogP) is 1.46. The molecule has 0 aliphatic carbocycles. The van der Waals surface area contributed by atoms with Gasteiger partial charge in [0.15, 0.2) is 16.2 Å². The molecule has 1 saturated heterocycles. The van der Waals surface area contributed by atoms with Gasteiger partial charge in [0, 0.05) is 25.3 Å². The van der Waals surface area contributed by atoms with Crippen molar-refractivity contribution < 1.29 is 22.7 Å². The van der Waals surface area contributed by atoms with Crippen LogP contribution in [0.25, 0.3) is 0 Å². The third-order valence-electron chi connectivity index (χ3n) is 4.23. The fraction of sp³-hybridized carbons (Fsp3) is 0.533. The Morgan fingerprint density at radius 1 is 1.26 bits per heavy atom. The summed E-state index contributed by atoms with van der Waals surface area (Å²) in [6, 6.07) is 4.89. The lowest BCUT2D eigenvalue weighted by atomic mass is 10.0. The fourth-order valence-electron chi connectivity index (χ4n) is 2.64. The number of methoxy groups -OCH3 is 2. The Kier molecular flexibility index (Phi) is 4.86. The molecule has 1 amide bonds. The third-order valence-corrected chi connectivity index (χ3v) is 6.76. The van der Waals surface area contributed by atoms with Gasteiger partial charge in [-0.25, -0.2) is 12.7 Å². The summed E-state index contributed by atoms with van der Waals surface area (Å²) in [5.41, 5.74) is 0.456. The molecule has 7 nitrogen and oxygen atoms in total. The topological polar surface area (TPSA) is 84.9 Å². The lowest BCUT2D eigenvalue weighted by Crippen LogP contribution is -2.56. The number of nitrogens with zero attached hydrogens (tertiary/aromatic N) is 1. The molecule has 0 unspecified atom stereocenters. The van der Waals surface area contributed by atoms with Crippen molar-refractivity contribution in [3.8, 4) is 11.5 Å². The summed E-state index contributed by atoms with van der Waals surface area (Å²) in [4.78, 5) is 12.6. The average molecular weight is 342 g/mol. The van der Waals surface area contributed by atoms with Crippen LogP contribution in [0.2, 0.25) is 0 Å². The summed E-state index contributed by atoms with van der Waals surface area (Å²) in [5, 5.41) is 2.67. The summed E-state index contributed by atoms with van der Waals surface area (Å²) in [7, 11) is 0.819. The molecule has 1 atom stereocenters. The SMILES string of the molecule is COc1ccc(NC(=O)[C@]2(C)CCCN(C)S2(=O)=O)cc1OC. The van der Waals surface area contributed by atoms with Crippen LogP contribution >= 0.6 is 0 Å². The van der Waals surface area contributed by atoms with Gasteiger partial charge in [-0.15, -0.1) is 0 Å². The van der Waals surface area contributed by atoms with E-state index in [1.54, 1.807) is 18.2 Å². The molecule has 0 spiro atoms. The number of sulfonamides is 1. The van der Waals surface area contributed by atoms with Crippen molar-refractivity contribution in [2.24, 2.45) is 0 Å². The van der Waals surface area contributed by atoms with Crippen LogP contribution in [0, 0.1) is 0 Å². The van der Waals surface area contributed by atoms with Crippen molar-refractivity contribution in [3.63, 3.8) is 0 Å². The Morgan fingerprint density at radius 3 is 2.52 bits per heavy atom. The molecule has 1 aliphatic heterocycles. The number of hydrogen-bond donors (Lipinski definition) is 1. The van der Waals surface area contributed by atoms with E-state index >= 15 is 0 Å². The molecule has 0 saturated carbocycles. The van der Waals surface area contributed by atoms with Crippen molar-refractivity contribution in [2.45, 2.75) is 24.5 Å². The van der Waals surface area contributed by atoms with Crippen molar-refractivity contribution in [2.75, 3.05) is 33.1 Å². The van der Waals surface area contributed by atoms with E-state index in [-0.39, 0.29) is 0 Å². The molecular weight excluding hydrogens is 320 g/mol. The van der Waals surface area contributed by atoms with E-state index in [4.69, 9.17) is 9.47 Å². The average Bonchev–Trinajstić information content (AvgIpc) is 2.52. The first-order chi connectivity index (χ1) is 10.8. The summed E-state index contributed by atoms with van der Waals surface area (Å²) in [6.07, 6.45) is 0.935. The maximum atomic E-state index is 12.6. The molecule has 1 aromatic carbocycles. The highest BCUT2D eigenvalue weighted by atomic mass is 32.2. The smallest absolute Gasteiger partial charge is 0.246 e. The lowest BCUT2D eigenvalue weighted by molar-refractivity contribution is -0.118. The van der Waals surface area contributed by atoms with Crippen LogP contribution in [0.3, 0.4) is 0 Å². The molecule has 1 fully saturated rings. The molecule has 8 heteroatoms. The lowest BCUT2D eigenvalue weighted by Gasteiger charge is -2.36. The minimum absolute atomic E-state index is 0.290. The van der Waals surface area contributed by atoms with Crippen LogP contribution in [0.5, 0.6) is 11.5 Å². The molecule has 1 heterocycles. The highest BCUT2D eigenvalue weighted by molar-refractivity contribution is 7.91. The van der Waals surface area contributed by atoms with Gasteiger partial charge in [0.25, 0.3) is 0 Å². The molecule has 128 valence electrons. The second kappa shape index (κ2) is 6.37. The Hall–Kier alpha value is -1.80. The molecule has 1 aromatic rings. The zero-order valence-corrected chi connectivity index (χ0v) is 14.6. The van der Waals surface area contributed by atoms with E-state index in [1.165, 1.54) is 32.5 Å². The highest BCUT2D eigenvalue weighted by Gasteiger charge is 2.50. The molecule has 0 radical (unpaired) electrons. The summed E-state index contributed by atoms with van der Waals surface area (Å²) >= 11 is 0. The van der Waals surface area contributed by atoms with Crippen LogP contribution in [-0.2, 0) is 14.8 Å². The van der Waals surface area contributed by atoms with Crippen molar-refractivity contribution in [1.29, 1.82) is 0 Å². The Balaban J connectivity index is 2.28. The number of anilines is 1. The zero-order valence-electron chi connectivity index (χ0n) is 13.8. The number of rotatable bonds is 4. The molecule has 1 aliphatic rings. The molecular formula is C15H22N2O5S. The van der Waals surface area contributed by atoms with Gasteiger partial charge in [-0.05, 0) is 31.9 Å². The summed E-state index contributed by atoms with van der Waals surface area (Å²) in [6.45, 7) is 1.90. The zero-order chi connectivity index (χ0) is 17.3. The fourth-order valence-corrected chi connectivity index (χ4v) is 4.39. The van der Waals surface area contributed by atoms with Gasteiger partial charge < -0.3 is 14.8 Å². The first kappa shape index (κ1) is 17.6. The van der Waals surface area contributed by atoms with E-state index in [2.05, 4.69) is 5.32 Å². The molecule has 23 heavy (non-hydrogen) atoms. The van der Waals surface area contributed by atoms with Gasteiger partial charge in [0.2, 0.25) is 15.9 Å². The summed E-state index contributed by atoms with van der Waals surface area (Å²) in [5.74, 6) is 0.442. The summed E-state index contributed by atoms with van der Waals surface area (Å²) < 4.78 is 35.1. The Bertz CT molecular complexity index is 704. The number of ether oxygens (including phenoxy) is 2. The molecule has 0 bridgehead atoms. The second-order valence-electron chi connectivity index (χ2n) is 5.68. The minimum Gasteiger partial charge on any atom is -0.493 e. The maximum absolute atomic E-state index is 12.6. The van der Waals surface area contributed by atoms with Crippen molar-refractivity contribution in [1.82, 2.24) is 4.31 Å². The number of hydrogen-bond acceptors (Lipinski definition) is 5. The van der Waals surface area contributed by atoms with Gasteiger partial charge >= 0.3 is 0 Å². The highest BCUT2D eigenvalue weighted by Crippen LogP contribution is 2.34. The van der Waals surface area contributed by atoms with Crippen LogP contribution < -0.4 is 14.8 Å². The Labute approximate surface area is 136 Å². The number of carbonyl (C=O) groups excluding carboxylic acids is 1. The molecule has 2 rings (SSSR count). The van der Waals surface area contributed by atoms with Crippen LogP contribution in [0.4, 0.5) is 5.69 Å². The van der Waals surface area contributed by atoms with E-state index in [0.29, 0.717) is 36.6 Å².